The van der Waals surface area contributed by atoms with E-state index in [9.17, 15) is 59.1 Å². The van der Waals surface area contributed by atoms with Crippen molar-refractivity contribution in [2.75, 3.05) is 121 Å². The van der Waals surface area contributed by atoms with Crippen LogP contribution in [0.5, 0.6) is 11.5 Å². The van der Waals surface area contributed by atoms with Crippen LogP contribution in [0.1, 0.15) is 138 Å². The van der Waals surface area contributed by atoms with E-state index in [0.29, 0.717) is 132 Å². The molecule has 5 amide bonds. The minimum Gasteiger partial charge on any atom is -0.489 e. The van der Waals surface area contributed by atoms with Crippen molar-refractivity contribution >= 4 is 101 Å². The summed E-state index contributed by atoms with van der Waals surface area (Å²) < 4.78 is 118. The number of anilines is 2. The number of thiazole rings is 1. The Hall–Kier alpha value is -7.85. The smallest absolute Gasteiger partial charge is 0.489 e. The van der Waals surface area contributed by atoms with Crippen molar-refractivity contribution in [3.05, 3.63) is 148 Å². The second-order valence-corrected chi connectivity index (χ2v) is 38.6. The number of aliphatic hydroxyl groups excluding tert-OH is 1. The second-order valence-electron chi connectivity index (χ2n) is 32.6. The van der Waals surface area contributed by atoms with E-state index in [1.54, 1.807) is 29.8 Å². The Morgan fingerprint density at radius 3 is 2.29 bits per heavy atom. The molecule has 6 aromatic rings. The average Bonchev–Trinajstić information content (AvgIpc) is 1.53. The number of thioether (sulfide) groups is 1. The van der Waals surface area contributed by atoms with Gasteiger partial charge in [-0.2, -0.15) is 13.2 Å². The maximum atomic E-state index is 14.5. The average molecular weight is 1680 g/mol. The van der Waals surface area contributed by atoms with Crippen LogP contribution >= 0.6 is 34.7 Å². The summed E-state index contributed by atoms with van der Waals surface area (Å²) in [7, 11) is -11.1. The number of carbonyl (C=O) groups is 5. The minimum atomic E-state index is -6.13. The van der Waals surface area contributed by atoms with Gasteiger partial charge in [-0.25, -0.2) is 26.5 Å². The number of unbranched alkanes of at least 4 members (excludes halogenated alkanes) is 3. The van der Waals surface area contributed by atoms with Crippen molar-refractivity contribution in [2.45, 2.75) is 168 Å². The lowest BCUT2D eigenvalue weighted by Crippen LogP contribution is -2.58. The van der Waals surface area contributed by atoms with E-state index in [1.165, 1.54) is 39.9 Å². The molecule has 5 N–H and O–H groups in total. The molecule has 13 rings (SSSR count). The number of piperazine rings is 2. The number of fused-ring (bicyclic) bond motifs is 6. The van der Waals surface area contributed by atoms with E-state index in [-0.39, 0.29) is 66.6 Å². The zero-order chi connectivity index (χ0) is 81.6. The van der Waals surface area contributed by atoms with Gasteiger partial charge in [0.05, 0.1) is 63.6 Å². The molecule has 32 heteroatoms. The fourth-order valence-electron chi connectivity index (χ4n) is 16.6. The van der Waals surface area contributed by atoms with Gasteiger partial charge in [0.1, 0.15) is 41.8 Å². The van der Waals surface area contributed by atoms with Gasteiger partial charge < -0.3 is 50.0 Å². The highest BCUT2D eigenvalue weighted by atomic mass is 35.5. The number of likely N-dealkylation sites (tertiary alicyclic amines) is 1. The van der Waals surface area contributed by atoms with Crippen LogP contribution in [-0.4, -0.2) is 228 Å². The molecule has 0 radical (unpaired) electrons. The normalized spacial score (nSPS) is 21.2. The molecule has 4 saturated heterocycles. The summed E-state index contributed by atoms with van der Waals surface area (Å²) >= 11 is 9.40. The third kappa shape index (κ3) is 20.8. The first kappa shape index (κ1) is 85.0. The van der Waals surface area contributed by atoms with Gasteiger partial charge in [-0.3, -0.25) is 38.7 Å². The van der Waals surface area contributed by atoms with Crippen LogP contribution in [0.15, 0.2) is 135 Å². The quantitative estimate of drug-likeness (QED) is 0.0215. The van der Waals surface area contributed by atoms with Gasteiger partial charge in [0.15, 0.2) is 0 Å². The van der Waals surface area contributed by atoms with Crippen molar-refractivity contribution in [2.24, 2.45) is 10.8 Å². The van der Waals surface area contributed by atoms with Crippen LogP contribution in [0, 0.1) is 10.8 Å². The first-order chi connectivity index (χ1) is 54.8. The molecule has 5 aromatic carbocycles. The number of allylic oxidation sites excluding steroid dienone is 1. The summed E-state index contributed by atoms with van der Waals surface area (Å²) in [5, 5.41) is 20.5. The Morgan fingerprint density at radius 2 is 1.55 bits per heavy atom. The number of halogens is 4. The minimum absolute atomic E-state index is 0.0126. The van der Waals surface area contributed by atoms with E-state index in [4.69, 9.17) is 25.8 Å². The summed E-state index contributed by atoms with van der Waals surface area (Å²) in [5.74, 6) is -1.17. The van der Waals surface area contributed by atoms with Crippen LogP contribution in [-0.2, 0) is 50.4 Å². The molecule has 0 saturated carbocycles. The molecule has 1 aromatic heterocycles. The number of aromatic nitrogens is 1. The van der Waals surface area contributed by atoms with Gasteiger partial charge in [0.25, 0.3) is 25.8 Å². The lowest BCUT2D eigenvalue weighted by Gasteiger charge is -2.47. The Morgan fingerprint density at radius 1 is 0.809 bits per heavy atom. The van der Waals surface area contributed by atoms with Gasteiger partial charge in [-0.1, -0.05) is 94.1 Å². The molecule has 0 bridgehead atoms. The highest BCUT2D eigenvalue weighted by Gasteiger charge is 2.49. The van der Waals surface area contributed by atoms with Gasteiger partial charge in [0, 0.05) is 137 Å². The van der Waals surface area contributed by atoms with Gasteiger partial charge in [-0.15, -0.1) is 23.1 Å². The van der Waals surface area contributed by atoms with Crippen molar-refractivity contribution in [3.63, 3.8) is 0 Å². The number of β-amino-alcohol motifs (C(OH)–C–C–N with tert-alkyl or cyclic N) is 1. The molecular weight excluding hydrogens is 1580 g/mol. The monoisotopic (exact) mass is 1680 g/mol. The molecule has 115 heavy (non-hydrogen) atoms. The number of nitrogens with zero attached hydrogens (tertiary/aromatic N) is 7. The highest BCUT2D eigenvalue weighted by molar-refractivity contribution is 7.99. The number of ether oxygens (including phenoxy) is 3. The number of hydrogen-bond acceptors (Lipinski definition) is 21. The topological polar surface area (TPSA) is 282 Å². The zero-order valence-corrected chi connectivity index (χ0v) is 69.6. The fourth-order valence-corrected chi connectivity index (χ4v) is 20.5. The van der Waals surface area contributed by atoms with E-state index < -0.39 is 82.4 Å². The maximum Gasteiger partial charge on any atom is 0.501 e. The van der Waals surface area contributed by atoms with Crippen LogP contribution in [0.4, 0.5) is 24.5 Å². The predicted octanol–water partition coefficient (Wildman–Crippen LogP) is 11.4. The Balaban J connectivity index is 0.562. The largest absolute Gasteiger partial charge is 0.501 e. The van der Waals surface area contributed by atoms with Gasteiger partial charge >= 0.3 is 5.51 Å². The Kier molecular flexibility index (Phi) is 27.0. The Labute approximate surface area is 684 Å². The standard InChI is InChI=1S/C83H103ClF3N11O13S4/c1-54(56-19-24-66-70(41-56)111-50-68-76(66)113-53-88-68)78(102)90-73-43-62(99)48-98(73)80(104)77(81(2,3)4)91-74(100)15-11-6-7-12-16-75(101)96-34-31-94(32-35-96)52-82(5)29-27-65(55-17-21-59(84)22-18-55)58(45-82)46-95-33-36-97-61(47-95)49-110-71-42-57(20-26-69(71)97)79(103)92-115(107,108)64-23-25-67(72(44-64)114(105,106)83(85,86)87)89-60(28-30-93-37-39-109-40-38-93)51-112-63-13-9-8-10-14-63/h8-10,13-14,17-26,41-42,44,53-54,60-62,73,77,89,99H,6-7,11-12,15-16,27-40,43,45-52H2,1-5H3,(H,90,102)(H,91,100)(H,92,103)/t54-,60+,61-,62+,73-,77+,82+/m0/s1. The van der Waals surface area contributed by atoms with E-state index in [2.05, 4.69) is 59.6 Å². The molecule has 0 spiro atoms. The van der Waals surface area contributed by atoms with Crippen molar-refractivity contribution in [3.8, 4) is 21.9 Å². The van der Waals surface area contributed by atoms with Crippen LogP contribution in [0.3, 0.4) is 0 Å². The van der Waals surface area contributed by atoms with Crippen molar-refractivity contribution < 1.29 is 73.3 Å². The molecule has 620 valence electrons. The summed E-state index contributed by atoms with van der Waals surface area (Å²) in [5.41, 5.74) is 1.77. The summed E-state index contributed by atoms with van der Waals surface area (Å²) in [4.78, 5) is 86.2. The van der Waals surface area contributed by atoms with Crippen LogP contribution < -0.4 is 35.0 Å². The molecular formula is C83H103ClF3N11O13S4. The summed E-state index contributed by atoms with van der Waals surface area (Å²) in [6.07, 6.45) is 5.01. The molecule has 7 heterocycles. The van der Waals surface area contributed by atoms with Gasteiger partial charge in [-0.05, 0) is 146 Å². The molecule has 7 aliphatic rings. The number of nitrogens with one attached hydrogen (secondary N) is 4. The molecule has 4 fully saturated rings. The molecule has 1 aliphatic carbocycles. The van der Waals surface area contributed by atoms with Crippen molar-refractivity contribution in [1.82, 2.24) is 44.8 Å². The number of morpholine rings is 1. The SMILES string of the molecule is C[C@H](C(=O)N[C@@H]1C[C@@H](O)CN1C(=O)[C@@H](NC(=O)CCCCCCC(=O)N1CCN(C[C@]2(C)CCC(c3ccc(Cl)cc3)=C(CN3CCN4c5ccc(C(=O)NS(=O)(=O)c6ccc(N[C@H](CCN7CCOCC7)CSc7ccccc7)c(S(=O)(=O)C(F)(F)F)c6)cc5OC[C@@H]4C3)C2)CC1)C(C)(C)C)c1ccc2c(c1)OCc1ncsc1-2. The van der Waals surface area contributed by atoms with Crippen LogP contribution in [0.25, 0.3) is 16.0 Å². The predicted molar refractivity (Wildman–Crippen MR) is 437 cm³/mol. The highest BCUT2D eigenvalue weighted by Crippen LogP contribution is 2.46. The lowest BCUT2D eigenvalue weighted by atomic mass is 9.71. The van der Waals surface area contributed by atoms with Gasteiger partial charge in [0.2, 0.25) is 23.6 Å². The molecule has 7 atom stereocenters. The van der Waals surface area contributed by atoms with Crippen LogP contribution in [0.2, 0.25) is 5.02 Å². The number of rotatable bonds is 29. The fraction of sp³-hybridized carbons (Fsp3) is 0.518. The third-order valence-corrected chi connectivity index (χ3v) is 28.2. The second kappa shape index (κ2) is 36.6. The summed E-state index contributed by atoms with van der Waals surface area (Å²) in [6.45, 7) is 19.6. The molecule has 0 unspecified atom stereocenters. The van der Waals surface area contributed by atoms with E-state index >= 15 is 0 Å². The third-order valence-electron chi connectivity index (χ3n) is 23.0. The molecule has 6 aliphatic heterocycles. The number of sulfone groups is 1. The van der Waals surface area contributed by atoms with E-state index in [0.717, 1.165) is 103 Å². The number of alkyl halides is 3. The molecule has 24 nitrogen and oxygen atoms in total. The number of aliphatic hydroxyl groups is 1. The number of benzene rings is 5. The number of hydrogen-bond donors (Lipinski definition) is 5. The van der Waals surface area contributed by atoms with Crippen molar-refractivity contribution in [1.29, 1.82) is 0 Å². The number of sulfonamides is 1. The Bertz CT molecular complexity index is 4770. The number of amides is 5. The first-order valence-electron chi connectivity index (χ1n) is 39.6. The van der Waals surface area contributed by atoms with E-state index in [1.807, 2.05) is 91.1 Å². The zero-order valence-electron chi connectivity index (χ0n) is 65.6. The lowest BCUT2D eigenvalue weighted by molar-refractivity contribution is -0.141. The first-order valence-corrected chi connectivity index (χ1v) is 44.8. The maximum absolute atomic E-state index is 14.5. The summed E-state index contributed by atoms with van der Waals surface area (Å²) in [6, 6.07) is 28.5. The number of carbonyl (C=O) groups excluding carboxylic acids is 5.